The van der Waals surface area contributed by atoms with E-state index in [0.29, 0.717) is 18.0 Å². The highest BCUT2D eigenvalue weighted by Gasteiger charge is 2.15. The van der Waals surface area contributed by atoms with Gasteiger partial charge in [-0.2, -0.15) is 5.21 Å². The zero-order valence-corrected chi connectivity index (χ0v) is 11.9. The van der Waals surface area contributed by atoms with E-state index in [4.69, 9.17) is 4.74 Å². The van der Waals surface area contributed by atoms with Crippen LogP contribution in [0.1, 0.15) is 11.4 Å². The number of hydrogen-bond donors (Lipinski definition) is 2. The summed E-state index contributed by atoms with van der Waals surface area (Å²) >= 11 is 0. The molecule has 0 aliphatic heterocycles. The van der Waals surface area contributed by atoms with Gasteiger partial charge in [0.15, 0.2) is 5.82 Å². The van der Waals surface area contributed by atoms with Gasteiger partial charge in [0.25, 0.3) is 0 Å². The van der Waals surface area contributed by atoms with Gasteiger partial charge in [-0.1, -0.05) is 5.21 Å². The maximum Gasteiger partial charge on any atom is 0.240 e. The lowest BCUT2D eigenvalue weighted by Gasteiger charge is -2.09. The molecular weight excluding hydrogens is 282 g/mol. The first-order valence-corrected chi connectivity index (χ1v) is 7.38. The van der Waals surface area contributed by atoms with Crippen LogP contribution in [0.3, 0.4) is 0 Å². The summed E-state index contributed by atoms with van der Waals surface area (Å²) in [6.07, 6.45) is 0.366. The summed E-state index contributed by atoms with van der Waals surface area (Å²) in [6, 6.07) is 4.70. The minimum Gasteiger partial charge on any atom is -0.496 e. The second-order valence-electron chi connectivity index (χ2n) is 4.11. The Labute approximate surface area is 116 Å². The Hall–Kier alpha value is -2.00. The maximum absolute atomic E-state index is 12.1. The number of aromatic amines is 1. The molecular formula is C11H15N5O3S. The maximum atomic E-state index is 12.1. The number of hydrogen-bond acceptors (Lipinski definition) is 6. The van der Waals surface area contributed by atoms with Crippen LogP contribution in [0.25, 0.3) is 0 Å². The number of sulfonamides is 1. The average Bonchev–Trinajstić information content (AvgIpc) is 2.91. The second kappa shape index (κ2) is 5.97. The van der Waals surface area contributed by atoms with Crippen molar-refractivity contribution >= 4 is 10.0 Å². The molecule has 0 saturated carbocycles. The van der Waals surface area contributed by atoms with Crippen LogP contribution in [0.2, 0.25) is 0 Å². The molecule has 2 rings (SSSR count). The molecule has 0 atom stereocenters. The van der Waals surface area contributed by atoms with Crippen molar-refractivity contribution in [1.82, 2.24) is 25.3 Å². The van der Waals surface area contributed by atoms with Crippen molar-refractivity contribution < 1.29 is 13.2 Å². The number of rotatable bonds is 6. The number of nitrogens with one attached hydrogen (secondary N) is 2. The number of H-pyrrole nitrogens is 1. The van der Waals surface area contributed by atoms with E-state index in [-0.39, 0.29) is 11.4 Å². The lowest BCUT2D eigenvalue weighted by Crippen LogP contribution is -2.26. The van der Waals surface area contributed by atoms with E-state index in [0.717, 1.165) is 5.56 Å². The van der Waals surface area contributed by atoms with Gasteiger partial charge < -0.3 is 4.74 Å². The standard InChI is InChI=1S/C11H15N5O3S/c1-8-7-9(3-4-10(8)19-2)20(17,18)12-6-5-11-13-15-16-14-11/h3-4,7,12H,5-6H2,1-2H3,(H,13,14,15,16). The normalized spacial score (nSPS) is 11.5. The second-order valence-corrected chi connectivity index (χ2v) is 5.87. The third-order valence-electron chi connectivity index (χ3n) is 2.71. The van der Waals surface area contributed by atoms with Crippen LogP contribution < -0.4 is 9.46 Å². The zero-order chi connectivity index (χ0) is 14.6. The highest BCUT2D eigenvalue weighted by atomic mass is 32.2. The van der Waals surface area contributed by atoms with Crippen molar-refractivity contribution in [2.75, 3.05) is 13.7 Å². The number of methoxy groups -OCH3 is 1. The first-order valence-electron chi connectivity index (χ1n) is 5.89. The molecule has 0 aliphatic carbocycles. The van der Waals surface area contributed by atoms with E-state index in [1.54, 1.807) is 26.2 Å². The molecule has 2 N–H and O–H groups in total. The van der Waals surface area contributed by atoms with Gasteiger partial charge in [-0.25, -0.2) is 13.1 Å². The Kier molecular flexibility index (Phi) is 4.30. The predicted molar refractivity (Wildman–Crippen MR) is 70.8 cm³/mol. The third-order valence-corrected chi connectivity index (χ3v) is 4.17. The number of tetrazole rings is 1. The SMILES string of the molecule is COc1ccc(S(=O)(=O)NCCc2nn[nH]n2)cc1C. The topological polar surface area (TPSA) is 110 Å². The summed E-state index contributed by atoms with van der Waals surface area (Å²) in [5.74, 6) is 1.11. The Bertz CT molecular complexity index is 669. The molecule has 8 nitrogen and oxygen atoms in total. The van der Waals surface area contributed by atoms with Gasteiger partial charge in [0.2, 0.25) is 10.0 Å². The van der Waals surface area contributed by atoms with Crippen molar-refractivity contribution in [1.29, 1.82) is 0 Å². The largest absolute Gasteiger partial charge is 0.496 e. The molecule has 2 aromatic rings. The van der Waals surface area contributed by atoms with Crippen LogP contribution in [0.5, 0.6) is 5.75 Å². The smallest absolute Gasteiger partial charge is 0.240 e. The molecule has 0 unspecified atom stereocenters. The Morgan fingerprint density at radius 1 is 1.40 bits per heavy atom. The summed E-state index contributed by atoms with van der Waals surface area (Å²) in [5.41, 5.74) is 0.758. The number of nitrogens with zero attached hydrogens (tertiary/aromatic N) is 3. The summed E-state index contributed by atoms with van der Waals surface area (Å²) < 4.78 is 31.8. The van der Waals surface area contributed by atoms with Crippen LogP contribution in [-0.2, 0) is 16.4 Å². The van der Waals surface area contributed by atoms with Crippen molar-refractivity contribution in [3.05, 3.63) is 29.6 Å². The molecule has 0 amide bonds. The molecule has 20 heavy (non-hydrogen) atoms. The Morgan fingerprint density at radius 2 is 2.20 bits per heavy atom. The van der Waals surface area contributed by atoms with Gasteiger partial charge in [0.05, 0.1) is 12.0 Å². The van der Waals surface area contributed by atoms with Crippen molar-refractivity contribution in [3.8, 4) is 5.75 Å². The predicted octanol–water partition coefficient (Wildman–Crippen LogP) is 0.0377. The average molecular weight is 297 g/mol. The fourth-order valence-corrected chi connectivity index (χ4v) is 2.80. The van der Waals surface area contributed by atoms with Gasteiger partial charge >= 0.3 is 0 Å². The highest BCUT2D eigenvalue weighted by molar-refractivity contribution is 7.89. The first-order chi connectivity index (χ1) is 9.53. The van der Waals surface area contributed by atoms with Crippen LogP contribution in [0.4, 0.5) is 0 Å². The molecule has 0 radical (unpaired) electrons. The summed E-state index contributed by atoms with van der Waals surface area (Å²) in [6.45, 7) is 1.99. The van der Waals surface area contributed by atoms with Crippen molar-refractivity contribution in [3.63, 3.8) is 0 Å². The van der Waals surface area contributed by atoms with Crippen LogP contribution in [0.15, 0.2) is 23.1 Å². The first kappa shape index (κ1) is 14.4. The van der Waals surface area contributed by atoms with Gasteiger partial charge in [-0.3, -0.25) is 0 Å². The minimum atomic E-state index is -3.55. The molecule has 0 spiro atoms. The molecule has 1 heterocycles. The quantitative estimate of drug-likeness (QED) is 0.779. The molecule has 1 aromatic carbocycles. The summed E-state index contributed by atoms with van der Waals surface area (Å²) in [7, 11) is -2.01. The van der Waals surface area contributed by atoms with Gasteiger partial charge in [0.1, 0.15) is 5.75 Å². The van der Waals surface area contributed by atoms with E-state index in [1.165, 1.54) is 6.07 Å². The van der Waals surface area contributed by atoms with Gasteiger partial charge in [-0.05, 0) is 30.7 Å². The van der Waals surface area contributed by atoms with Crippen molar-refractivity contribution in [2.45, 2.75) is 18.2 Å². The van der Waals surface area contributed by atoms with E-state index in [2.05, 4.69) is 25.3 Å². The van der Waals surface area contributed by atoms with Crippen molar-refractivity contribution in [2.24, 2.45) is 0 Å². The number of ether oxygens (including phenoxy) is 1. The highest BCUT2D eigenvalue weighted by Crippen LogP contribution is 2.21. The van der Waals surface area contributed by atoms with E-state index < -0.39 is 10.0 Å². The molecule has 0 bridgehead atoms. The zero-order valence-electron chi connectivity index (χ0n) is 11.1. The monoisotopic (exact) mass is 297 g/mol. The number of aromatic nitrogens is 4. The lowest BCUT2D eigenvalue weighted by molar-refractivity contribution is 0.411. The molecule has 9 heteroatoms. The molecule has 0 fully saturated rings. The van der Waals surface area contributed by atoms with Crippen LogP contribution in [-0.4, -0.2) is 42.7 Å². The lowest BCUT2D eigenvalue weighted by atomic mass is 10.2. The molecule has 0 saturated heterocycles. The fourth-order valence-electron chi connectivity index (χ4n) is 1.69. The van der Waals surface area contributed by atoms with E-state index in [9.17, 15) is 8.42 Å². The minimum absolute atomic E-state index is 0.198. The molecule has 0 aliphatic rings. The number of aryl methyl sites for hydroxylation is 1. The van der Waals surface area contributed by atoms with Gasteiger partial charge in [-0.15, -0.1) is 10.2 Å². The van der Waals surface area contributed by atoms with E-state index >= 15 is 0 Å². The molecule has 108 valence electrons. The summed E-state index contributed by atoms with van der Waals surface area (Å²) in [4.78, 5) is 0.198. The number of benzene rings is 1. The molecule has 1 aromatic heterocycles. The fraction of sp³-hybridized carbons (Fsp3) is 0.364. The van der Waals surface area contributed by atoms with E-state index in [1.807, 2.05) is 0 Å². The van der Waals surface area contributed by atoms with Crippen LogP contribution >= 0.6 is 0 Å². The third kappa shape index (κ3) is 3.31. The Balaban J connectivity index is 2.04. The van der Waals surface area contributed by atoms with Gasteiger partial charge in [0, 0.05) is 13.0 Å². The Morgan fingerprint density at radius 3 is 2.80 bits per heavy atom. The summed E-state index contributed by atoms with van der Waals surface area (Å²) in [5, 5.41) is 13.2. The van der Waals surface area contributed by atoms with Crippen LogP contribution in [0, 0.1) is 6.92 Å².